The van der Waals surface area contributed by atoms with Crippen LogP contribution in [0.3, 0.4) is 0 Å². The number of allylic oxidation sites excluding steroid dienone is 1. The molecule has 0 radical (unpaired) electrons. The third kappa shape index (κ3) is 5.39. The van der Waals surface area contributed by atoms with Crippen molar-refractivity contribution in [1.29, 1.82) is 0 Å². The fraction of sp³-hybridized carbons (Fsp3) is 0.393. The van der Waals surface area contributed by atoms with Crippen LogP contribution in [0.2, 0.25) is 0 Å². The third-order valence-electron chi connectivity index (χ3n) is 6.69. The third-order valence-corrected chi connectivity index (χ3v) is 6.69. The van der Waals surface area contributed by atoms with Crippen molar-refractivity contribution in [2.75, 3.05) is 13.2 Å². The van der Waals surface area contributed by atoms with Gasteiger partial charge >= 0.3 is 12.1 Å². The van der Waals surface area contributed by atoms with E-state index in [0.717, 1.165) is 11.1 Å². The number of alkyl carbamates (subject to hydrolysis) is 1. The Labute approximate surface area is 205 Å². The molecule has 4 rings (SSSR count). The van der Waals surface area contributed by atoms with Crippen molar-refractivity contribution in [3.63, 3.8) is 0 Å². The van der Waals surface area contributed by atoms with E-state index in [1.54, 1.807) is 0 Å². The van der Waals surface area contributed by atoms with Crippen LogP contribution in [0.25, 0.3) is 11.1 Å². The summed E-state index contributed by atoms with van der Waals surface area (Å²) in [4.78, 5) is 38.5. The number of carbonyl (C=O) groups is 3. The topological polar surface area (TPSA) is 95.9 Å². The molecule has 0 spiro atoms. The second kappa shape index (κ2) is 9.94. The van der Waals surface area contributed by atoms with Crippen LogP contribution in [-0.2, 0) is 14.3 Å². The Morgan fingerprint density at radius 1 is 1.03 bits per heavy atom. The molecule has 2 aliphatic carbocycles. The molecule has 2 aliphatic rings. The molecule has 2 aromatic rings. The average molecular weight is 477 g/mol. The van der Waals surface area contributed by atoms with Gasteiger partial charge in [-0.25, -0.2) is 4.79 Å². The summed E-state index contributed by atoms with van der Waals surface area (Å²) in [5.74, 6) is -1.70. The first-order valence-electron chi connectivity index (χ1n) is 12.0. The molecule has 0 aromatic heterocycles. The van der Waals surface area contributed by atoms with Crippen molar-refractivity contribution in [2.45, 2.75) is 51.1 Å². The van der Waals surface area contributed by atoms with Crippen LogP contribution in [0, 0.1) is 5.92 Å². The lowest BCUT2D eigenvalue weighted by Crippen LogP contribution is -2.51. The number of fused-ring (bicyclic) bond motifs is 3. The molecule has 0 saturated carbocycles. The molecule has 35 heavy (non-hydrogen) atoms. The predicted molar refractivity (Wildman–Crippen MR) is 133 cm³/mol. The number of carboxylic acids is 1. The van der Waals surface area contributed by atoms with Crippen molar-refractivity contribution in [3.05, 3.63) is 71.8 Å². The van der Waals surface area contributed by atoms with Crippen molar-refractivity contribution in [1.82, 2.24) is 10.2 Å². The van der Waals surface area contributed by atoms with E-state index < -0.39 is 23.5 Å². The van der Waals surface area contributed by atoms with Gasteiger partial charge in [-0.05, 0) is 55.9 Å². The maximum Gasteiger partial charge on any atom is 0.407 e. The van der Waals surface area contributed by atoms with Gasteiger partial charge < -0.3 is 20.1 Å². The summed E-state index contributed by atoms with van der Waals surface area (Å²) >= 11 is 0. The highest BCUT2D eigenvalue weighted by molar-refractivity contribution is 5.84. The highest BCUT2D eigenvalue weighted by Crippen LogP contribution is 2.44. The molecule has 0 saturated heterocycles. The summed E-state index contributed by atoms with van der Waals surface area (Å²) in [6.07, 6.45) is 4.10. The normalized spacial score (nSPS) is 18.9. The van der Waals surface area contributed by atoms with Gasteiger partial charge in [0.25, 0.3) is 0 Å². The van der Waals surface area contributed by atoms with Crippen LogP contribution in [0.4, 0.5) is 4.79 Å². The number of hydrogen-bond acceptors (Lipinski definition) is 4. The van der Waals surface area contributed by atoms with Crippen LogP contribution in [-0.4, -0.2) is 52.7 Å². The fourth-order valence-corrected chi connectivity index (χ4v) is 4.99. The van der Waals surface area contributed by atoms with Crippen molar-refractivity contribution >= 4 is 18.0 Å². The minimum Gasteiger partial charge on any atom is -0.480 e. The Morgan fingerprint density at radius 3 is 2.20 bits per heavy atom. The number of benzene rings is 2. The number of nitrogens with zero attached hydrogens (tertiary/aromatic N) is 1. The number of carbonyl (C=O) groups excluding carboxylic acids is 2. The summed E-state index contributed by atoms with van der Waals surface area (Å²) in [6.45, 7) is 5.32. The van der Waals surface area contributed by atoms with E-state index in [4.69, 9.17) is 4.74 Å². The van der Waals surface area contributed by atoms with Crippen LogP contribution in [0.5, 0.6) is 0 Å². The Hall–Kier alpha value is -3.61. The molecule has 7 heteroatoms. The molecule has 7 nitrogen and oxygen atoms in total. The minimum absolute atomic E-state index is 0.0271. The largest absolute Gasteiger partial charge is 0.480 e. The summed E-state index contributed by atoms with van der Waals surface area (Å²) < 4.78 is 5.64. The quantitative estimate of drug-likeness (QED) is 0.596. The molecule has 0 fully saturated rings. The fourth-order valence-electron chi connectivity index (χ4n) is 4.99. The number of carboxylic acid groups (broad SMARTS) is 1. The zero-order chi connectivity index (χ0) is 25.2. The first-order chi connectivity index (χ1) is 16.6. The lowest BCUT2D eigenvalue weighted by atomic mass is 9.88. The van der Waals surface area contributed by atoms with Gasteiger partial charge in [0.2, 0.25) is 5.91 Å². The molecule has 184 valence electrons. The predicted octanol–water partition coefficient (Wildman–Crippen LogP) is 4.57. The van der Waals surface area contributed by atoms with E-state index in [-0.39, 0.29) is 31.0 Å². The lowest BCUT2D eigenvalue weighted by Gasteiger charge is -2.38. The monoisotopic (exact) mass is 476 g/mol. The second-order valence-electron chi connectivity index (χ2n) is 10.2. The van der Waals surface area contributed by atoms with E-state index in [1.165, 1.54) is 16.0 Å². The summed E-state index contributed by atoms with van der Waals surface area (Å²) in [6, 6.07) is 16.0. The number of ether oxygens (including phenoxy) is 1. The highest BCUT2D eigenvalue weighted by atomic mass is 16.5. The van der Waals surface area contributed by atoms with Crippen molar-refractivity contribution in [3.8, 4) is 11.1 Å². The number of rotatable bonds is 6. The zero-order valence-corrected chi connectivity index (χ0v) is 20.4. The molecule has 0 aliphatic heterocycles. The Balaban J connectivity index is 1.37. The van der Waals surface area contributed by atoms with Gasteiger partial charge in [-0.1, -0.05) is 60.7 Å². The Bertz CT molecular complexity index is 1100. The lowest BCUT2D eigenvalue weighted by molar-refractivity contribution is -0.150. The molecule has 2 unspecified atom stereocenters. The molecule has 2 amide bonds. The Morgan fingerprint density at radius 2 is 1.63 bits per heavy atom. The van der Waals surface area contributed by atoms with Crippen LogP contribution in [0.15, 0.2) is 60.7 Å². The molecular weight excluding hydrogens is 444 g/mol. The van der Waals surface area contributed by atoms with Crippen molar-refractivity contribution < 1.29 is 24.2 Å². The van der Waals surface area contributed by atoms with Gasteiger partial charge in [0.1, 0.15) is 13.2 Å². The molecule has 2 atom stereocenters. The smallest absolute Gasteiger partial charge is 0.407 e. The Kier molecular flexibility index (Phi) is 6.96. The van der Waals surface area contributed by atoms with Crippen LogP contribution in [0.1, 0.15) is 50.7 Å². The van der Waals surface area contributed by atoms with Crippen molar-refractivity contribution in [2.24, 2.45) is 5.92 Å². The second-order valence-corrected chi connectivity index (χ2v) is 10.2. The van der Waals surface area contributed by atoms with E-state index in [1.807, 2.05) is 57.2 Å². The van der Waals surface area contributed by atoms with Gasteiger partial charge in [0, 0.05) is 17.4 Å². The van der Waals surface area contributed by atoms with E-state index in [9.17, 15) is 19.5 Å². The van der Waals surface area contributed by atoms with Gasteiger partial charge in [0.05, 0.1) is 6.04 Å². The number of amides is 2. The number of nitrogens with one attached hydrogen (secondary N) is 1. The van der Waals surface area contributed by atoms with E-state index >= 15 is 0 Å². The molecule has 0 bridgehead atoms. The standard InChI is InChI=1S/C28H32N2O5/c1-28(2,3)30(16-25(31)32)26(33)18-9-8-10-19(15-18)29-27(34)35-17-24-22-13-6-4-11-20(22)21-12-5-7-14-23(21)24/h4-8,10-14,18-19,24H,9,15-17H2,1-3H3,(H,29,34)(H,31,32). The molecule has 0 heterocycles. The molecule has 2 N–H and O–H groups in total. The number of aliphatic carboxylic acids is 1. The summed E-state index contributed by atoms with van der Waals surface area (Å²) in [5.41, 5.74) is 4.00. The summed E-state index contributed by atoms with van der Waals surface area (Å²) in [5, 5.41) is 12.1. The number of hydrogen-bond donors (Lipinski definition) is 2. The zero-order valence-electron chi connectivity index (χ0n) is 20.4. The van der Waals surface area contributed by atoms with Gasteiger partial charge in [-0.15, -0.1) is 0 Å². The average Bonchev–Trinajstić information content (AvgIpc) is 3.14. The van der Waals surface area contributed by atoms with Crippen LogP contribution < -0.4 is 5.32 Å². The molecule has 2 aromatic carbocycles. The maximum atomic E-state index is 13.1. The van der Waals surface area contributed by atoms with Gasteiger partial charge in [-0.2, -0.15) is 0 Å². The molecular formula is C28H32N2O5. The van der Waals surface area contributed by atoms with Crippen LogP contribution >= 0.6 is 0 Å². The highest BCUT2D eigenvalue weighted by Gasteiger charge is 2.35. The van der Waals surface area contributed by atoms with E-state index in [0.29, 0.717) is 12.8 Å². The first-order valence-corrected chi connectivity index (χ1v) is 12.0. The summed E-state index contributed by atoms with van der Waals surface area (Å²) in [7, 11) is 0. The van der Waals surface area contributed by atoms with Gasteiger partial charge in [-0.3, -0.25) is 9.59 Å². The maximum absolute atomic E-state index is 13.1. The van der Waals surface area contributed by atoms with Gasteiger partial charge in [0.15, 0.2) is 0 Å². The SMILES string of the molecule is CC(C)(C)N(CC(=O)O)C(=O)C1CC=CC(NC(=O)OCC2c3ccccc3-c3ccccc32)C1. The minimum atomic E-state index is -1.05. The first kappa shape index (κ1) is 24.5. The van der Waals surface area contributed by atoms with E-state index in [2.05, 4.69) is 29.6 Å².